The summed E-state index contributed by atoms with van der Waals surface area (Å²) < 4.78 is 16.9. The van der Waals surface area contributed by atoms with Crippen LogP contribution in [0.5, 0.6) is 0 Å². The van der Waals surface area contributed by atoms with E-state index in [2.05, 4.69) is 15.5 Å². The van der Waals surface area contributed by atoms with Crippen molar-refractivity contribution in [3.63, 3.8) is 0 Å². The van der Waals surface area contributed by atoms with Crippen molar-refractivity contribution in [2.75, 3.05) is 5.32 Å². The van der Waals surface area contributed by atoms with Crippen molar-refractivity contribution in [3.8, 4) is 11.3 Å². The number of nitrogens with zero attached hydrogens (tertiary/aromatic N) is 4. The predicted octanol–water partition coefficient (Wildman–Crippen LogP) is 5.28. The molecule has 0 aliphatic heterocycles. The summed E-state index contributed by atoms with van der Waals surface area (Å²) >= 11 is 0. The molecule has 6 nitrogen and oxygen atoms in total. The van der Waals surface area contributed by atoms with Crippen LogP contribution in [0.1, 0.15) is 11.1 Å². The normalized spacial score (nSPS) is 11.4. The Labute approximate surface area is 196 Å². The van der Waals surface area contributed by atoms with Crippen molar-refractivity contribution in [1.82, 2.24) is 19.6 Å². The van der Waals surface area contributed by atoms with E-state index < -0.39 is 0 Å². The number of aryl methyl sites for hydroxylation is 1. The highest BCUT2D eigenvalue weighted by molar-refractivity contribution is 6.02. The third-order valence-corrected chi connectivity index (χ3v) is 5.60. The minimum Gasteiger partial charge on any atom is -0.323 e. The maximum atomic E-state index is 13.3. The van der Waals surface area contributed by atoms with Gasteiger partial charge < -0.3 is 5.32 Å². The van der Waals surface area contributed by atoms with Crippen molar-refractivity contribution in [1.29, 1.82) is 0 Å². The zero-order valence-corrected chi connectivity index (χ0v) is 18.5. The van der Waals surface area contributed by atoms with Gasteiger partial charge in [0.1, 0.15) is 5.82 Å². The minimum atomic E-state index is -0.300. The number of amides is 1. The number of carbonyl (C=O) groups is 1. The number of halogens is 1. The number of nitrogens with one attached hydrogen (secondary N) is 1. The summed E-state index contributed by atoms with van der Waals surface area (Å²) in [7, 11) is 1.81. The first-order chi connectivity index (χ1) is 16.6. The van der Waals surface area contributed by atoms with Crippen LogP contribution < -0.4 is 5.32 Å². The molecule has 0 saturated heterocycles. The number of carbonyl (C=O) groups excluding carboxylic acids is 1. The minimum absolute atomic E-state index is 0.250. The summed E-state index contributed by atoms with van der Waals surface area (Å²) in [6, 6.07) is 22.0. The molecule has 0 atom stereocenters. The van der Waals surface area contributed by atoms with Gasteiger partial charge in [0.05, 0.1) is 30.1 Å². The smallest absolute Gasteiger partial charge is 0.248 e. The lowest BCUT2D eigenvalue weighted by Crippen LogP contribution is -2.08. The molecule has 7 heteroatoms. The van der Waals surface area contributed by atoms with E-state index in [1.807, 2.05) is 66.5 Å². The van der Waals surface area contributed by atoms with E-state index in [1.165, 1.54) is 18.2 Å². The van der Waals surface area contributed by atoms with Crippen molar-refractivity contribution < 1.29 is 9.18 Å². The van der Waals surface area contributed by atoms with Crippen molar-refractivity contribution in [3.05, 3.63) is 108 Å². The van der Waals surface area contributed by atoms with Gasteiger partial charge in [0, 0.05) is 35.3 Å². The Morgan fingerprint density at radius 1 is 0.971 bits per heavy atom. The molecule has 0 unspecified atom stereocenters. The van der Waals surface area contributed by atoms with Gasteiger partial charge in [-0.25, -0.2) is 4.39 Å². The summed E-state index contributed by atoms with van der Waals surface area (Å²) in [4.78, 5) is 12.5. The lowest BCUT2D eigenvalue weighted by atomic mass is 10.1. The molecule has 0 aliphatic carbocycles. The molecule has 5 rings (SSSR count). The van der Waals surface area contributed by atoms with Gasteiger partial charge in [-0.15, -0.1) is 0 Å². The van der Waals surface area contributed by atoms with E-state index in [-0.39, 0.29) is 11.7 Å². The molecule has 2 heterocycles. The second kappa shape index (κ2) is 9.15. The third kappa shape index (κ3) is 4.49. The van der Waals surface area contributed by atoms with Gasteiger partial charge in [0.2, 0.25) is 5.91 Å². The second-order valence-electron chi connectivity index (χ2n) is 7.96. The highest BCUT2D eigenvalue weighted by Gasteiger charge is 2.10. The van der Waals surface area contributed by atoms with Crippen molar-refractivity contribution in [2.45, 2.75) is 6.54 Å². The van der Waals surface area contributed by atoms with Crippen LogP contribution in [0.2, 0.25) is 0 Å². The molecule has 34 heavy (non-hydrogen) atoms. The Balaban J connectivity index is 1.25. The molecular weight excluding hydrogens is 429 g/mol. The Hall–Kier alpha value is -4.52. The molecule has 3 aromatic carbocycles. The Morgan fingerprint density at radius 3 is 2.53 bits per heavy atom. The highest BCUT2D eigenvalue weighted by Crippen LogP contribution is 2.24. The number of para-hydroxylation sites is 1. The number of rotatable bonds is 6. The highest BCUT2D eigenvalue weighted by atomic mass is 19.1. The summed E-state index contributed by atoms with van der Waals surface area (Å²) in [5.74, 6) is -0.550. The molecule has 1 N–H and O–H groups in total. The zero-order chi connectivity index (χ0) is 23.5. The van der Waals surface area contributed by atoms with Crippen LogP contribution in [-0.4, -0.2) is 25.5 Å². The van der Waals surface area contributed by atoms with E-state index in [0.29, 0.717) is 12.2 Å². The van der Waals surface area contributed by atoms with Crippen LogP contribution in [-0.2, 0) is 18.4 Å². The topological polar surface area (TPSA) is 64.7 Å². The van der Waals surface area contributed by atoms with E-state index in [0.717, 1.165) is 33.3 Å². The van der Waals surface area contributed by atoms with Crippen LogP contribution in [0.25, 0.3) is 28.2 Å². The van der Waals surface area contributed by atoms with Gasteiger partial charge in [-0.3, -0.25) is 14.2 Å². The Morgan fingerprint density at radius 2 is 1.74 bits per heavy atom. The standard InChI is InChI=1S/C27H22FN5O/c1-32-27(20-8-11-23(28)12-9-20)22(17-29-32)10-15-26(34)31-24-13-6-19(7-14-24)18-33-25-5-3-2-4-21(25)16-30-33/h2-17H,18H2,1H3,(H,31,34). The maximum absolute atomic E-state index is 13.3. The Bertz CT molecular complexity index is 1480. The van der Waals surface area contributed by atoms with Crippen LogP contribution >= 0.6 is 0 Å². The number of hydrogen-bond donors (Lipinski definition) is 1. The molecule has 0 spiro atoms. The SMILES string of the molecule is Cn1ncc(C=CC(=O)Nc2ccc(Cn3ncc4ccccc43)cc2)c1-c1ccc(F)cc1. The number of aromatic nitrogens is 4. The summed E-state index contributed by atoms with van der Waals surface area (Å²) in [5.41, 5.74) is 5.27. The second-order valence-corrected chi connectivity index (χ2v) is 7.96. The van der Waals surface area contributed by atoms with E-state index in [1.54, 1.807) is 29.1 Å². The molecule has 0 fully saturated rings. The summed E-state index contributed by atoms with van der Waals surface area (Å²) in [6.45, 7) is 0.648. The molecule has 168 valence electrons. The first-order valence-electron chi connectivity index (χ1n) is 10.8. The average Bonchev–Trinajstić information content (AvgIpc) is 3.43. The average molecular weight is 452 g/mol. The Kier molecular flexibility index (Phi) is 5.74. The van der Waals surface area contributed by atoms with Gasteiger partial charge >= 0.3 is 0 Å². The van der Waals surface area contributed by atoms with Crippen molar-refractivity contribution in [2.24, 2.45) is 7.05 Å². The summed E-state index contributed by atoms with van der Waals surface area (Å²) in [6.07, 6.45) is 6.71. The first-order valence-corrected chi connectivity index (χ1v) is 10.8. The summed E-state index contributed by atoms with van der Waals surface area (Å²) in [5, 5.41) is 12.7. The van der Waals surface area contributed by atoms with Crippen LogP contribution in [0, 0.1) is 5.82 Å². The lowest BCUT2D eigenvalue weighted by molar-refractivity contribution is -0.111. The van der Waals surface area contributed by atoms with Gasteiger partial charge in [-0.05, 0) is 54.1 Å². The predicted molar refractivity (Wildman–Crippen MR) is 132 cm³/mol. The molecule has 0 saturated carbocycles. The molecular formula is C27H22FN5O. The van der Waals surface area contributed by atoms with Crippen LogP contribution in [0.15, 0.2) is 91.3 Å². The third-order valence-electron chi connectivity index (χ3n) is 5.60. The zero-order valence-electron chi connectivity index (χ0n) is 18.5. The lowest BCUT2D eigenvalue weighted by Gasteiger charge is -2.07. The monoisotopic (exact) mass is 451 g/mol. The largest absolute Gasteiger partial charge is 0.323 e. The van der Waals surface area contributed by atoms with Crippen LogP contribution in [0.4, 0.5) is 10.1 Å². The number of anilines is 1. The molecule has 2 aromatic heterocycles. The van der Waals surface area contributed by atoms with Gasteiger partial charge in [-0.1, -0.05) is 30.3 Å². The maximum Gasteiger partial charge on any atom is 0.248 e. The molecule has 0 bridgehead atoms. The fourth-order valence-corrected chi connectivity index (χ4v) is 3.91. The molecule has 5 aromatic rings. The van der Waals surface area contributed by atoms with Crippen LogP contribution in [0.3, 0.4) is 0 Å². The first kappa shape index (κ1) is 21.3. The van der Waals surface area contributed by atoms with E-state index >= 15 is 0 Å². The quantitative estimate of drug-likeness (QED) is 0.358. The molecule has 0 aliphatic rings. The van der Waals surface area contributed by atoms with Gasteiger partial charge in [0.25, 0.3) is 0 Å². The number of fused-ring (bicyclic) bond motifs is 1. The van der Waals surface area contributed by atoms with E-state index in [9.17, 15) is 9.18 Å². The van der Waals surface area contributed by atoms with E-state index in [4.69, 9.17) is 0 Å². The number of benzene rings is 3. The van der Waals surface area contributed by atoms with Gasteiger partial charge in [-0.2, -0.15) is 10.2 Å². The molecule has 1 amide bonds. The fourth-order valence-electron chi connectivity index (χ4n) is 3.91. The van der Waals surface area contributed by atoms with Gasteiger partial charge in [0.15, 0.2) is 0 Å². The molecule has 0 radical (unpaired) electrons. The fraction of sp³-hybridized carbons (Fsp3) is 0.0741. The van der Waals surface area contributed by atoms with Crippen molar-refractivity contribution >= 4 is 28.6 Å². The number of hydrogen-bond acceptors (Lipinski definition) is 3.